The number of hydrogen-bond donors (Lipinski definition) is 1. The van der Waals surface area contributed by atoms with Gasteiger partial charge >= 0.3 is 5.97 Å². The molecule has 0 saturated carbocycles. The minimum atomic E-state index is -0.397. The summed E-state index contributed by atoms with van der Waals surface area (Å²) in [5, 5.41) is 7.41. The first-order chi connectivity index (χ1) is 12.7. The second-order valence-corrected chi connectivity index (χ2v) is 7.64. The Bertz CT molecular complexity index is 597. The van der Waals surface area contributed by atoms with Crippen LogP contribution in [0.2, 0.25) is 0 Å². The highest BCUT2D eigenvalue weighted by Crippen LogP contribution is 2.11. The standard InChI is InChI=1S/C19H36N6O2.HI/c1-7-20-18(24(5)14-16-22-15-23-25(16)6)21-13-11-9-8-10-12-17(26)27-19(2,3)4;/h15H,7-14H2,1-6H3,(H,20,21);1H. The van der Waals surface area contributed by atoms with Crippen molar-refractivity contribution in [2.75, 3.05) is 20.1 Å². The smallest absolute Gasteiger partial charge is 0.306 e. The molecule has 162 valence electrons. The third-order valence-corrected chi connectivity index (χ3v) is 3.85. The van der Waals surface area contributed by atoms with Crippen LogP contribution < -0.4 is 5.32 Å². The fourth-order valence-corrected chi connectivity index (χ4v) is 2.53. The van der Waals surface area contributed by atoms with Gasteiger partial charge in [0.2, 0.25) is 0 Å². The topological polar surface area (TPSA) is 84.6 Å². The van der Waals surface area contributed by atoms with Gasteiger partial charge in [-0.3, -0.25) is 14.5 Å². The van der Waals surface area contributed by atoms with Crippen LogP contribution in [-0.4, -0.2) is 57.3 Å². The van der Waals surface area contributed by atoms with E-state index >= 15 is 0 Å². The molecule has 1 rings (SSSR count). The molecular formula is C19H37IN6O2. The highest BCUT2D eigenvalue weighted by molar-refractivity contribution is 14.0. The zero-order valence-corrected chi connectivity index (χ0v) is 20.5. The van der Waals surface area contributed by atoms with Crippen molar-refractivity contribution >= 4 is 35.9 Å². The number of esters is 1. The van der Waals surface area contributed by atoms with Crippen LogP contribution in [-0.2, 0) is 23.1 Å². The summed E-state index contributed by atoms with van der Waals surface area (Å²) in [6.45, 7) is 9.97. The third-order valence-electron chi connectivity index (χ3n) is 3.85. The molecular weight excluding hydrogens is 471 g/mol. The van der Waals surface area contributed by atoms with E-state index in [0.717, 1.165) is 50.6 Å². The van der Waals surface area contributed by atoms with Gasteiger partial charge in [-0.05, 0) is 40.5 Å². The molecule has 1 aromatic rings. The lowest BCUT2D eigenvalue weighted by atomic mass is 10.1. The van der Waals surface area contributed by atoms with Gasteiger partial charge < -0.3 is 15.0 Å². The van der Waals surface area contributed by atoms with Crippen LogP contribution in [0.25, 0.3) is 0 Å². The van der Waals surface area contributed by atoms with Crippen LogP contribution >= 0.6 is 24.0 Å². The molecule has 0 saturated heterocycles. The summed E-state index contributed by atoms with van der Waals surface area (Å²) in [6, 6.07) is 0. The number of guanidine groups is 1. The number of carbonyl (C=O) groups excluding carboxylic acids is 1. The maximum absolute atomic E-state index is 11.7. The molecule has 9 heteroatoms. The zero-order valence-electron chi connectivity index (χ0n) is 18.2. The number of nitrogens with zero attached hydrogens (tertiary/aromatic N) is 5. The lowest BCUT2D eigenvalue weighted by Crippen LogP contribution is -2.39. The number of aliphatic imine (C=N–C) groups is 1. The molecule has 0 aliphatic heterocycles. The quantitative estimate of drug-likeness (QED) is 0.172. The summed E-state index contributed by atoms with van der Waals surface area (Å²) in [6.07, 6.45) is 5.98. The Morgan fingerprint density at radius 1 is 1.29 bits per heavy atom. The predicted molar refractivity (Wildman–Crippen MR) is 123 cm³/mol. The minimum Gasteiger partial charge on any atom is -0.460 e. The fraction of sp³-hybridized carbons (Fsp3) is 0.789. The van der Waals surface area contributed by atoms with Crippen molar-refractivity contribution in [3.8, 4) is 0 Å². The van der Waals surface area contributed by atoms with Gasteiger partial charge in [-0.25, -0.2) is 4.98 Å². The number of unbranched alkanes of at least 4 members (excludes halogenated alkanes) is 3. The predicted octanol–water partition coefficient (Wildman–Crippen LogP) is 3.12. The Hall–Kier alpha value is -1.39. The number of aromatic nitrogens is 3. The van der Waals surface area contributed by atoms with Crippen molar-refractivity contribution in [2.24, 2.45) is 12.0 Å². The Morgan fingerprint density at radius 3 is 2.54 bits per heavy atom. The highest BCUT2D eigenvalue weighted by atomic mass is 127. The van der Waals surface area contributed by atoms with Crippen LogP contribution in [0.1, 0.15) is 65.6 Å². The molecule has 8 nitrogen and oxygen atoms in total. The number of hydrogen-bond acceptors (Lipinski definition) is 5. The number of rotatable bonds is 10. The Balaban J connectivity index is 0.00000729. The molecule has 1 heterocycles. The number of aryl methyl sites for hydroxylation is 1. The van der Waals surface area contributed by atoms with Crippen molar-refractivity contribution < 1.29 is 9.53 Å². The average Bonchev–Trinajstić information content (AvgIpc) is 2.96. The summed E-state index contributed by atoms with van der Waals surface area (Å²) in [7, 11) is 3.88. The lowest BCUT2D eigenvalue weighted by molar-refractivity contribution is -0.154. The van der Waals surface area contributed by atoms with E-state index in [9.17, 15) is 4.79 Å². The molecule has 1 N–H and O–H groups in total. The largest absolute Gasteiger partial charge is 0.460 e. The van der Waals surface area contributed by atoms with Crippen LogP contribution in [0, 0.1) is 0 Å². The van der Waals surface area contributed by atoms with E-state index in [1.165, 1.54) is 0 Å². The van der Waals surface area contributed by atoms with Crippen molar-refractivity contribution in [3.05, 3.63) is 12.2 Å². The molecule has 0 spiro atoms. The monoisotopic (exact) mass is 508 g/mol. The van der Waals surface area contributed by atoms with Crippen LogP contribution in [0.15, 0.2) is 11.3 Å². The molecule has 0 unspecified atom stereocenters. The number of nitrogens with one attached hydrogen (secondary N) is 1. The second-order valence-electron chi connectivity index (χ2n) is 7.64. The molecule has 0 aliphatic carbocycles. The molecule has 28 heavy (non-hydrogen) atoms. The van der Waals surface area contributed by atoms with Crippen molar-refractivity contribution in [1.29, 1.82) is 0 Å². The molecule has 0 fully saturated rings. The normalized spacial score (nSPS) is 11.7. The van der Waals surface area contributed by atoms with Gasteiger partial charge in [-0.1, -0.05) is 12.8 Å². The van der Waals surface area contributed by atoms with Crippen LogP contribution in [0.4, 0.5) is 0 Å². The molecule has 0 aliphatic rings. The fourth-order valence-electron chi connectivity index (χ4n) is 2.53. The average molecular weight is 508 g/mol. The third kappa shape index (κ3) is 11.5. The van der Waals surface area contributed by atoms with Gasteiger partial charge in [0.15, 0.2) is 5.96 Å². The van der Waals surface area contributed by atoms with E-state index in [0.29, 0.717) is 13.0 Å². The van der Waals surface area contributed by atoms with Gasteiger partial charge in [0, 0.05) is 33.6 Å². The van der Waals surface area contributed by atoms with Crippen molar-refractivity contribution in [3.63, 3.8) is 0 Å². The number of carbonyl (C=O) groups is 1. The second kappa shape index (κ2) is 13.7. The molecule has 0 aromatic carbocycles. The van der Waals surface area contributed by atoms with Crippen LogP contribution in [0.3, 0.4) is 0 Å². The van der Waals surface area contributed by atoms with E-state index in [1.807, 2.05) is 34.9 Å². The lowest BCUT2D eigenvalue weighted by Gasteiger charge is -2.21. The van der Waals surface area contributed by atoms with Gasteiger partial charge in [-0.15, -0.1) is 24.0 Å². The van der Waals surface area contributed by atoms with Gasteiger partial charge in [0.1, 0.15) is 17.8 Å². The Labute approximate surface area is 186 Å². The van der Waals surface area contributed by atoms with Crippen molar-refractivity contribution in [1.82, 2.24) is 25.0 Å². The summed E-state index contributed by atoms with van der Waals surface area (Å²) < 4.78 is 7.08. The van der Waals surface area contributed by atoms with E-state index < -0.39 is 5.60 Å². The van der Waals surface area contributed by atoms with Gasteiger partial charge in [0.25, 0.3) is 0 Å². The zero-order chi connectivity index (χ0) is 20.3. The molecule has 1 aromatic heterocycles. The SMILES string of the molecule is CCNC(=NCCCCCCC(=O)OC(C)(C)C)N(C)Cc1ncnn1C.I. The maximum Gasteiger partial charge on any atom is 0.306 e. The summed E-state index contributed by atoms with van der Waals surface area (Å²) in [5.74, 6) is 1.65. The molecule has 0 atom stereocenters. The molecule has 0 radical (unpaired) electrons. The Kier molecular flexibility index (Phi) is 13.0. The molecule has 0 bridgehead atoms. The first kappa shape index (κ1) is 26.6. The van der Waals surface area contributed by atoms with E-state index in [4.69, 9.17) is 4.74 Å². The minimum absolute atomic E-state index is 0. The highest BCUT2D eigenvalue weighted by Gasteiger charge is 2.15. The van der Waals surface area contributed by atoms with Crippen molar-refractivity contribution in [2.45, 2.75) is 71.9 Å². The summed E-state index contributed by atoms with van der Waals surface area (Å²) in [5.41, 5.74) is -0.397. The van der Waals surface area contributed by atoms with Gasteiger partial charge in [-0.2, -0.15) is 5.10 Å². The summed E-state index contributed by atoms with van der Waals surface area (Å²) in [4.78, 5) is 22.7. The van der Waals surface area contributed by atoms with Gasteiger partial charge in [0.05, 0.1) is 6.54 Å². The first-order valence-corrected chi connectivity index (χ1v) is 9.77. The van der Waals surface area contributed by atoms with E-state index in [1.54, 1.807) is 11.0 Å². The summed E-state index contributed by atoms with van der Waals surface area (Å²) >= 11 is 0. The van der Waals surface area contributed by atoms with E-state index in [-0.39, 0.29) is 29.9 Å². The Morgan fingerprint density at radius 2 is 1.96 bits per heavy atom. The van der Waals surface area contributed by atoms with Crippen LogP contribution in [0.5, 0.6) is 0 Å². The maximum atomic E-state index is 11.7. The van der Waals surface area contributed by atoms with E-state index in [2.05, 4.69) is 32.2 Å². The number of halogens is 1. The molecule has 0 amide bonds. The first-order valence-electron chi connectivity index (χ1n) is 9.77. The number of ether oxygens (including phenoxy) is 1.